The van der Waals surface area contributed by atoms with Crippen molar-refractivity contribution >= 4 is 28.7 Å². The highest BCUT2D eigenvalue weighted by Crippen LogP contribution is 2.42. The summed E-state index contributed by atoms with van der Waals surface area (Å²) in [5, 5.41) is 11.1. The van der Waals surface area contributed by atoms with Crippen molar-refractivity contribution in [3.8, 4) is 0 Å². The summed E-state index contributed by atoms with van der Waals surface area (Å²) in [5.74, 6) is 1.70. The summed E-state index contributed by atoms with van der Waals surface area (Å²) < 4.78 is 7.77. The molecule has 0 N–H and O–H groups in total. The van der Waals surface area contributed by atoms with E-state index in [0.29, 0.717) is 17.4 Å². The van der Waals surface area contributed by atoms with Gasteiger partial charge in [-0.1, -0.05) is 11.8 Å². The number of nitrogens with zero attached hydrogens (tertiary/aromatic N) is 4. The van der Waals surface area contributed by atoms with Gasteiger partial charge in [0.05, 0.1) is 0 Å². The van der Waals surface area contributed by atoms with E-state index in [1.165, 1.54) is 37.7 Å². The van der Waals surface area contributed by atoms with Crippen LogP contribution in [0.4, 0.5) is 5.95 Å². The largest absolute Gasteiger partial charge is 0.423 e. The van der Waals surface area contributed by atoms with E-state index in [1.54, 1.807) is 17.8 Å². The number of hydrogen-bond acceptors (Lipinski definition) is 6. The van der Waals surface area contributed by atoms with Crippen LogP contribution in [-0.2, 0) is 5.75 Å². The number of piperidine rings is 1. The van der Waals surface area contributed by atoms with E-state index >= 15 is 0 Å². The van der Waals surface area contributed by atoms with Gasteiger partial charge in [-0.3, -0.25) is 4.57 Å². The van der Waals surface area contributed by atoms with Crippen molar-refractivity contribution in [1.29, 1.82) is 0 Å². The Morgan fingerprint density at radius 2 is 1.83 bits per heavy atom. The van der Waals surface area contributed by atoms with Gasteiger partial charge in [0.2, 0.25) is 5.95 Å². The lowest BCUT2D eigenvalue weighted by Crippen LogP contribution is -2.31. The third-order valence-electron chi connectivity index (χ3n) is 6.00. The van der Waals surface area contributed by atoms with Crippen LogP contribution in [0.3, 0.4) is 0 Å². The first-order valence-electron chi connectivity index (χ1n) is 10.5. The van der Waals surface area contributed by atoms with Crippen LogP contribution in [0, 0.1) is 13.8 Å². The molecule has 152 valence electrons. The molecular formula is C22H26N4O2S. The van der Waals surface area contributed by atoms with Crippen LogP contribution in [0.25, 0.3) is 11.0 Å². The molecule has 2 fully saturated rings. The number of benzene rings is 1. The maximum Gasteiger partial charge on any atom is 0.336 e. The normalized spacial score (nSPS) is 17.2. The summed E-state index contributed by atoms with van der Waals surface area (Å²) in [6, 6.07) is 6.22. The smallest absolute Gasteiger partial charge is 0.336 e. The van der Waals surface area contributed by atoms with Crippen LogP contribution in [0.5, 0.6) is 0 Å². The van der Waals surface area contributed by atoms with Crippen LogP contribution in [0.2, 0.25) is 0 Å². The Labute approximate surface area is 174 Å². The number of aryl methyl sites for hydroxylation is 2. The third kappa shape index (κ3) is 3.68. The van der Waals surface area contributed by atoms with Crippen molar-refractivity contribution in [2.75, 3.05) is 18.0 Å². The van der Waals surface area contributed by atoms with E-state index in [9.17, 15) is 4.79 Å². The average Bonchev–Trinajstić information content (AvgIpc) is 3.47. The molecular weight excluding hydrogens is 384 g/mol. The molecule has 1 saturated carbocycles. The van der Waals surface area contributed by atoms with Crippen molar-refractivity contribution in [2.24, 2.45) is 0 Å². The number of rotatable bonds is 5. The molecule has 2 aliphatic rings. The molecule has 0 amide bonds. The number of aromatic nitrogens is 3. The highest BCUT2D eigenvalue weighted by atomic mass is 32.2. The minimum atomic E-state index is -0.297. The Bertz CT molecular complexity index is 1110. The molecule has 7 heteroatoms. The molecule has 29 heavy (non-hydrogen) atoms. The molecule has 0 radical (unpaired) electrons. The Kier molecular flexibility index (Phi) is 4.86. The van der Waals surface area contributed by atoms with E-state index in [-0.39, 0.29) is 5.63 Å². The summed E-state index contributed by atoms with van der Waals surface area (Å²) in [7, 11) is 0. The first-order chi connectivity index (χ1) is 14.1. The van der Waals surface area contributed by atoms with E-state index in [0.717, 1.165) is 40.7 Å². The highest BCUT2D eigenvalue weighted by molar-refractivity contribution is 7.98. The first-order valence-corrected chi connectivity index (χ1v) is 11.5. The topological polar surface area (TPSA) is 64.2 Å². The number of thioether (sulfide) groups is 1. The molecule has 3 aromatic rings. The zero-order valence-corrected chi connectivity index (χ0v) is 17.8. The van der Waals surface area contributed by atoms with Crippen LogP contribution >= 0.6 is 11.8 Å². The SMILES string of the molecule is Cc1cc2oc(=O)cc(CSc3nnc(N4CCCCC4)n3C3CC3)c2cc1C. The quantitative estimate of drug-likeness (QED) is 0.452. The van der Waals surface area contributed by atoms with Crippen molar-refractivity contribution < 1.29 is 4.42 Å². The zero-order chi connectivity index (χ0) is 20.0. The molecule has 1 aliphatic heterocycles. The molecule has 0 spiro atoms. The van der Waals surface area contributed by atoms with Gasteiger partial charge in [-0.2, -0.15) is 0 Å². The van der Waals surface area contributed by atoms with Gasteiger partial charge >= 0.3 is 5.63 Å². The Balaban J connectivity index is 1.45. The zero-order valence-electron chi connectivity index (χ0n) is 17.0. The van der Waals surface area contributed by atoms with Gasteiger partial charge in [0, 0.05) is 36.3 Å². The van der Waals surface area contributed by atoms with Crippen LogP contribution in [0.15, 0.2) is 32.6 Å². The monoisotopic (exact) mass is 410 g/mol. The summed E-state index contributed by atoms with van der Waals surface area (Å²) in [6.45, 7) is 6.26. The van der Waals surface area contributed by atoms with E-state index in [1.807, 2.05) is 13.0 Å². The second-order valence-electron chi connectivity index (χ2n) is 8.24. The lowest BCUT2D eigenvalue weighted by Gasteiger charge is -2.27. The molecule has 0 atom stereocenters. The van der Waals surface area contributed by atoms with E-state index < -0.39 is 0 Å². The Morgan fingerprint density at radius 3 is 2.59 bits per heavy atom. The standard InChI is InChI=1S/C22H26N4O2S/c1-14-10-18-16(12-20(27)28-19(18)11-15(14)2)13-29-22-24-23-21(26(22)17-6-7-17)25-8-4-3-5-9-25/h10-12,17H,3-9,13H2,1-2H3. The Hall–Kier alpha value is -2.28. The van der Waals surface area contributed by atoms with E-state index in [4.69, 9.17) is 4.42 Å². The van der Waals surface area contributed by atoms with Gasteiger partial charge in [0.25, 0.3) is 0 Å². The van der Waals surface area contributed by atoms with Crippen LogP contribution in [-0.4, -0.2) is 27.9 Å². The highest BCUT2D eigenvalue weighted by Gasteiger charge is 2.32. The molecule has 6 nitrogen and oxygen atoms in total. The Morgan fingerprint density at radius 1 is 1.07 bits per heavy atom. The van der Waals surface area contributed by atoms with Crippen molar-refractivity contribution in [1.82, 2.24) is 14.8 Å². The van der Waals surface area contributed by atoms with Gasteiger partial charge in [0.15, 0.2) is 5.16 Å². The number of fused-ring (bicyclic) bond motifs is 1. The van der Waals surface area contributed by atoms with Crippen molar-refractivity contribution in [2.45, 2.75) is 62.9 Å². The lowest BCUT2D eigenvalue weighted by molar-refractivity contribution is 0.548. The molecule has 1 aliphatic carbocycles. The third-order valence-corrected chi connectivity index (χ3v) is 6.99. The fourth-order valence-corrected chi connectivity index (χ4v) is 5.07. The summed E-state index contributed by atoms with van der Waals surface area (Å²) >= 11 is 1.67. The minimum absolute atomic E-state index is 0.297. The molecule has 0 bridgehead atoms. The molecule has 0 unspecified atom stereocenters. The lowest BCUT2D eigenvalue weighted by atomic mass is 10.0. The summed E-state index contributed by atoms with van der Waals surface area (Å²) in [4.78, 5) is 14.5. The first kappa shape index (κ1) is 18.7. The minimum Gasteiger partial charge on any atom is -0.423 e. The summed E-state index contributed by atoms with van der Waals surface area (Å²) in [6.07, 6.45) is 6.15. The number of hydrogen-bond donors (Lipinski definition) is 0. The summed E-state index contributed by atoms with van der Waals surface area (Å²) in [5.41, 5.74) is 3.69. The average molecular weight is 411 g/mol. The predicted molar refractivity (Wildman–Crippen MR) is 116 cm³/mol. The van der Waals surface area contributed by atoms with Gasteiger partial charge in [-0.15, -0.1) is 10.2 Å². The maximum atomic E-state index is 12.1. The fraction of sp³-hybridized carbons (Fsp3) is 0.500. The second-order valence-corrected chi connectivity index (χ2v) is 9.19. The molecule has 1 aromatic carbocycles. The van der Waals surface area contributed by atoms with Gasteiger partial charge in [-0.05, 0) is 74.8 Å². The maximum absolute atomic E-state index is 12.1. The fourth-order valence-electron chi connectivity index (χ4n) is 4.07. The molecule has 5 rings (SSSR count). The number of anilines is 1. The van der Waals surface area contributed by atoms with E-state index in [2.05, 4.69) is 32.7 Å². The molecule has 3 heterocycles. The van der Waals surface area contributed by atoms with Gasteiger partial charge in [0.1, 0.15) is 5.58 Å². The van der Waals surface area contributed by atoms with Crippen LogP contribution in [0.1, 0.15) is 54.8 Å². The molecule has 2 aromatic heterocycles. The second kappa shape index (κ2) is 7.52. The van der Waals surface area contributed by atoms with Crippen LogP contribution < -0.4 is 10.5 Å². The molecule has 1 saturated heterocycles. The van der Waals surface area contributed by atoms with Gasteiger partial charge in [-0.25, -0.2) is 4.79 Å². The van der Waals surface area contributed by atoms with Crippen molar-refractivity contribution in [3.05, 3.63) is 45.3 Å². The predicted octanol–water partition coefficient (Wildman–Crippen LogP) is 4.62. The van der Waals surface area contributed by atoms with Crippen molar-refractivity contribution in [3.63, 3.8) is 0 Å². The van der Waals surface area contributed by atoms with Gasteiger partial charge < -0.3 is 9.32 Å².